The quantitative estimate of drug-likeness (QED) is 0.935. The van der Waals surface area contributed by atoms with Gasteiger partial charge in [0.1, 0.15) is 0 Å². The Morgan fingerprint density at radius 3 is 3.00 bits per heavy atom. The van der Waals surface area contributed by atoms with E-state index in [1.54, 1.807) is 4.68 Å². The first-order chi connectivity index (χ1) is 7.70. The van der Waals surface area contributed by atoms with Gasteiger partial charge in [-0.3, -0.25) is 0 Å². The molecule has 1 aromatic heterocycles. The Hall–Kier alpha value is -1.20. The molecular formula is C11H12BrN3O. The monoisotopic (exact) mass is 281 g/mol. The van der Waals surface area contributed by atoms with Crippen molar-refractivity contribution in [1.29, 1.82) is 0 Å². The lowest BCUT2D eigenvalue weighted by atomic mass is 10.2. The molecule has 1 N–H and O–H groups in total. The summed E-state index contributed by atoms with van der Waals surface area (Å²) in [6.45, 7) is 2.12. The SMILES string of the molecule is Cc1ccc(Br)c(-n2cc(CCO)nn2)c1. The first-order valence-electron chi connectivity index (χ1n) is 4.99. The second kappa shape index (κ2) is 4.76. The molecule has 0 spiro atoms. The maximum Gasteiger partial charge on any atom is 0.0854 e. The number of aliphatic hydroxyl groups excluding tert-OH is 1. The molecule has 0 saturated heterocycles. The number of aliphatic hydroxyl groups is 1. The third-order valence-electron chi connectivity index (χ3n) is 2.26. The summed E-state index contributed by atoms with van der Waals surface area (Å²) in [6, 6.07) is 6.04. The maximum atomic E-state index is 8.81. The van der Waals surface area contributed by atoms with E-state index in [1.807, 2.05) is 31.3 Å². The zero-order valence-electron chi connectivity index (χ0n) is 8.89. The number of halogens is 1. The fourth-order valence-corrected chi connectivity index (χ4v) is 1.87. The predicted octanol–water partition coefficient (Wildman–Crippen LogP) is 1.87. The molecule has 0 fully saturated rings. The van der Waals surface area contributed by atoms with E-state index in [4.69, 9.17) is 5.11 Å². The van der Waals surface area contributed by atoms with Gasteiger partial charge in [0.2, 0.25) is 0 Å². The molecule has 1 heterocycles. The van der Waals surface area contributed by atoms with Crippen LogP contribution < -0.4 is 0 Å². The summed E-state index contributed by atoms with van der Waals surface area (Å²) >= 11 is 3.48. The van der Waals surface area contributed by atoms with Crippen molar-refractivity contribution in [3.63, 3.8) is 0 Å². The summed E-state index contributed by atoms with van der Waals surface area (Å²) in [5.41, 5.74) is 2.91. The van der Waals surface area contributed by atoms with Gasteiger partial charge >= 0.3 is 0 Å². The van der Waals surface area contributed by atoms with Crippen LogP contribution in [0.3, 0.4) is 0 Å². The van der Waals surface area contributed by atoms with Crippen molar-refractivity contribution in [3.8, 4) is 5.69 Å². The van der Waals surface area contributed by atoms with Gasteiger partial charge in [0, 0.05) is 17.5 Å². The van der Waals surface area contributed by atoms with Crippen molar-refractivity contribution in [3.05, 3.63) is 40.1 Å². The molecule has 0 saturated carbocycles. The molecule has 0 radical (unpaired) electrons. The molecule has 0 aliphatic carbocycles. The average molecular weight is 282 g/mol. The minimum atomic E-state index is 0.0910. The highest BCUT2D eigenvalue weighted by Gasteiger charge is 2.06. The molecule has 84 valence electrons. The van der Waals surface area contributed by atoms with Crippen LogP contribution in [0.25, 0.3) is 5.69 Å². The Bertz CT molecular complexity index is 496. The number of nitrogens with zero attached hydrogens (tertiary/aromatic N) is 3. The molecule has 1 aromatic carbocycles. The molecule has 0 aliphatic heterocycles. The molecule has 16 heavy (non-hydrogen) atoms. The molecule has 0 amide bonds. The minimum Gasteiger partial charge on any atom is -0.396 e. The number of aryl methyl sites for hydroxylation is 1. The summed E-state index contributed by atoms with van der Waals surface area (Å²) in [7, 11) is 0. The van der Waals surface area contributed by atoms with E-state index >= 15 is 0 Å². The molecule has 4 nitrogen and oxygen atoms in total. The highest BCUT2D eigenvalue weighted by Crippen LogP contribution is 2.21. The standard InChI is InChI=1S/C11H12BrN3O/c1-8-2-3-10(12)11(6-8)15-7-9(4-5-16)13-14-15/h2-3,6-7,16H,4-5H2,1H3. The van der Waals surface area contributed by atoms with Gasteiger partial charge in [0.05, 0.1) is 17.6 Å². The van der Waals surface area contributed by atoms with E-state index < -0.39 is 0 Å². The van der Waals surface area contributed by atoms with Crippen molar-refractivity contribution in [2.45, 2.75) is 13.3 Å². The van der Waals surface area contributed by atoms with Crippen LogP contribution >= 0.6 is 15.9 Å². The van der Waals surface area contributed by atoms with Gasteiger partial charge in [-0.1, -0.05) is 11.3 Å². The fraction of sp³-hybridized carbons (Fsp3) is 0.273. The molecule has 5 heteroatoms. The van der Waals surface area contributed by atoms with E-state index in [-0.39, 0.29) is 6.61 Å². The second-order valence-electron chi connectivity index (χ2n) is 3.58. The molecule has 2 rings (SSSR count). The smallest absolute Gasteiger partial charge is 0.0854 e. The Morgan fingerprint density at radius 1 is 1.44 bits per heavy atom. The van der Waals surface area contributed by atoms with Crippen LogP contribution in [0.5, 0.6) is 0 Å². The molecule has 0 unspecified atom stereocenters. The fourth-order valence-electron chi connectivity index (χ4n) is 1.44. The van der Waals surface area contributed by atoms with Crippen molar-refractivity contribution in [1.82, 2.24) is 15.0 Å². The highest BCUT2D eigenvalue weighted by molar-refractivity contribution is 9.10. The number of rotatable bonds is 3. The van der Waals surface area contributed by atoms with Gasteiger partial charge in [-0.25, -0.2) is 4.68 Å². The second-order valence-corrected chi connectivity index (χ2v) is 4.44. The van der Waals surface area contributed by atoms with Crippen molar-refractivity contribution >= 4 is 15.9 Å². The van der Waals surface area contributed by atoms with Crippen LogP contribution in [0, 0.1) is 6.92 Å². The van der Waals surface area contributed by atoms with Gasteiger partial charge in [0.25, 0.3) is 0 Å². The number of benzene rings is 1. The van der Waals surface area contributed by atoms with Crippen LogP contribution in [0.2, 0.25) is 0 Å². The van der Waals surface area contributed by atoms with Crippen LogP contribution in [0.15, 0.2) is 28.9 Å². The van der Waals surface area contributed by atoms with E-state index in [1.165, 1.54) is 0 Å². The number of hydrogen-bond donors (Lipinski definition) is 1. The number of aromatic nitrogens is 3. The van der Waals surface area contributed by atoms with Crippen molar-refractivity contribution < 1.29 is 5.11 Å². The Kier molecular flexibility index (Phi) is 3.36. The summed E-state index contributed by atoms with van der Waals surface area (Å²) < 4.78 is 2.68. The Labute approximate surface area is 102 Å². The lowest BCUT2D eigenvalue weighted by Gasteiger charge is -2.04. The zero-order chi connectivity index (χ0) is 11.5. The van der Waals surface area contributed by atoms with Crippen LogP contribution in [0.4, 0.5) is 0 Å². The molecule has 0 bridgehead atoms. The average Bonchev–Trinajstić information content (AvgIpc) is 2.71. The highest BCUT2D eigenvalue weighted by atomic mass is 79.9. The largest absolute Gasteiger partial charge is 0.396 e. The van der Waals surface area contributed by atoms with E-state index in [0.29, 0.717) is 6.42 Å². The van der Waals surface area contributed by atoms with Crippen molar-refractivity contribution in [2.75, 3.05) is 6.61 Å². The molecular weight excluding hydrogens is 270 g/mol. The summed E-state index contributed by atoms with van der Waals surface area (Å²) in [4.78, 5) is 0. The first-order valence-corrected chi connectivity index (χ1v) is 5.78. The normalized spacial score (nSPS) is 10.7. The van der Waals surface area contributed by atoms with E-state index in [0.717, 1.165) is 21.4 Å². The zero-order valence-corrected chi connectivity index (χ0v) is 10.5. The summed E-state index contributed by atoms with van der Waals surface area (Å²) in [5.74, 6) is 0. The van der Waals surface area contributed by atoms with E-state index in [2.05, 4.69) is 26.2 Å². The lowest BCUT2D eigenvalue weighted by Crippen LogP contribution is -1.96. The van der Waals surface area contributed by atoms with Crippen LogP contribution in [-0.2, 0) is 6.42 Å². The molecule has 0 aliphatic rings. The van der Waals surface area contributed by atoms with Gasteiger partial charge < -0.3 is 5.11 Å². The van der Waals surface area contributed by atoms with Gasteiger partial charge in [-0.05, 0) is 40.5 Å². The van der Waals surface area contributed by atoms with Gasteiger partial charge in [0.15, 0.2) is 0 Å². The summed E-state index contributed by atoms with van der Waals surface area (Å²) in [5, 5.41) is 16.8. The maximum absolute atomic E-state index is 8.81. The minimum absolute atomic E-state index is 0.0910. The molecule has 2 aromatic rings. The third kappa shape index (κ3) is 2.31. The predicted molar refractivity (Wildman–Crippen MR) is 64.6 cm³/mol. The Morgan fingerprint density at radius 2 is 2.25 bits per heavy atom. The lowest BCUT2D eigenvalue weighted by molar-refractivity contribution is 0.298. The topological polar surface area (TPSA) is 50.9 Å². The van der Waals surface area contributed by atoms with Crippen LogP contribution in [-0.4, -0.2) is 26.7 Å². The van der Waals surface area contributed by atoms with Gasteiger partial charge in [-0.2, -0.15) is 0 Å². The van der Waals surface area contributed by atoms with Gasteiger partial charge in [-0.15, -0.1) is 5.10 Å². The van der Waals surface area contributed by atoms with Crippen molar-refractivity contribution in [2.24, 2.45) is 0 Å². The molecule has 0 atom stereocenters. The van der Waals surface area contributed by atoms with E-state index in [9.17, 15) is 0 Å². The third-order valence-corrected chi connectivity index (χ3v) is 2.93. The Balaban J connectivity index is 2.38. The van der Waals surface area contributed by atoms with Crippen LogP contribution in [0.1, 0.15) is 11.3 Å². The summed E-state index contributed by atoms with van der Waals surface area (Å²) in [6.07, 6.45) is 2.36. The number of hydrogen-bond acceptors (Lipinski definition) is 3. The first kappa shape index (κ1) is 11.3.